The van der Waals surface area contributed by atoms with Crippen molar-refractivity contribution in [2.45, 2.75) is 25.4 Å². The second kappa shape index (κ2) is 6.95. The number of hydrogen-bond acceptors (Lipinski definition) is 3. The molecule has 1 fully saturated rings. The third kappa shape index (κ3) is 3.86. The zero-order valence-corrected chi connectivity index (χ0v) is 12.9. The van der Waals surface area contributed by atoms with E-state index in [2.05, 4.69) is 26.6 Å². The zero-order chi connectivity index (χ0) is 14.5. The lowest BCUT2D eigenvalue weighted by Crippen LogP contribution is -2.35. The van der Waals surface area contributed by atoms with Gasteiger partial charge in [0.1, 0.15) is 5.75 Å². The molecular weight excluding hydrogens is 324 g/mol. The van der Waals surface area contributed by atoms with Crippen molar-refractivity contribution in [1.82, 2.24) is 5.32 Å². The van der Waals surface area contributed by atoms with Gasteiger partial charge in [-0.1, -0.05) is 6.42 Å². The second-order valence-corrected chi connectivity index (χ2v) is 5.80. The van der Waals surface area contributed by atoms with Crippen molar-refractivity contribution in [2.75, 3.05) is 19.0 Å². The molecule has 0 heterocycles. The number of rotatable bonds is 4. The van der Waals surface area contributed by atoms with Crippen LogP contribution < -0.4 is 15.4 Å². The largest absolute Gasteiger partial charge is 0.496 e. The van der Waals surface area contributed by atoms with Crippen molar-refractivity contribution >= 4 is 27.6 Å². The molecule has 6 heteroatoms. The fourth-order valence-electron chi connectivity index (χ4n) is 2.40. The van der Waals surface area contributed by atoms with Gasteiger partial charge in [-0.05, 0) is 47.0 Å². The van der Waals surface area contributed by atoms with Crippen LogP contribution in [-0.2, 0) is 0 Å². The first-order valence-electron chi connectivity index (χ1n) is 6.66. The highest BCUT2D eigenvalue weighted by atomic mass is 79.9. The van der Waals surface area contributed by atoms with Gasteiger partial charge in [-0.2, -0.15) is 0 Å². The molecule has 3 N–H and O–H groups in total. The number of aliphatic hydroxyl groups is 1. The number of methoxy groups -OCH3 is 1. The van der Waals surface area contributed by atoms with E-state index in [0.717, 1.165) is 23.7 Å². The third-order valence-electron chi connectivity index (χ3n) is 3.55. The minimum Gasteiger partial charge on any atom is -0.496 e. The minimum atomic E-state index is -0.287. The van der Waals surface area contributed by atoms with Gasteiger partial charge < -0.3 is 20.5 Å². The van der Waals surface area contributed by atoms with Gasteiger partial charge in [-0.15, -0.1) is 0 Å². The number of benzene rings is 1. The Labute approximate surface area is 126 Å². The van der Waals surface area contributed by atoms with Crippen LogP contribution in [0.25, 0.3) is 0 Å². The molecule has 1 aliphatic carbocycles. The molecule has 20 heavy (non-hydrogen) atoms. The Kier molecular flexibility index (Phi) is 5.25. The van der Waals surface area contributed by atoms with E-state index in [1.54, 1.807) is 25.3 Å². The fourth-order valence-corrected chi connectivity index (χ4v) is 2.94. The summed E-state index contributed by atoms with van der Waals surface area (Å²) in [6.07, 6.45) is 2.54. The first-order chi connectivity index (χ1) is 9.60. The van der Waals surface area contributed by atoms with E-state index in [0.29, 0.717) is 18.0 Å². The first kappa shape index (κ1) is 15.1. The average Bonchev–Trinajstić information content (AvgIpc) is 2.82. The maximum atomic E-state index is 11.8. The summed E-state index contributed by atoms with van der Waals surface area (Å²) in [5, 5.41) is 15.2. The van der Waals surface area contributed by atoms with Crippen LogP contribution in [0.1, 0.15) is 19.3 Å². The standard InChI is InChI=1S/C14H19BrN2O3/c1-20-13-6-5-10(7-11(13)15)17-14(19)16-8-9-3-2-4-12(9)18/h5-7,9,12,18H,2-4,8H2,1H3,(H2,16,17,19). The molecule has 1 aromatic carbocycles. The predicted octanol–water partition coefficient (Wildman–Crippen LogP) is 2.74. The molecule has 0 radical (unpaired) electrons. The van der Waals surface area contributed by atoms with Crippen molar-refractivity contribution < 1.29 is 14.6 Å². The van der Waals surface area contributed by atoms with Crippen LogP contribution in [0, 0.1) is 5.92 Å². The lowest BCUT2D eigenvalue weighted by Gasteiger charge is -2.15. The molecule has 2 unspecified atom stereocenters. The van der Waals surface area contributed by atoms with Crippen molar-refractivity contribution in [3.63, 3.8) is 0 Å². The molecule has 5 nitrogen and oxygen atoms in total. The van der Waals surface area contributed by atoms with E-state index >= 15 is 0 Å². The van der Waals surface area contributed by atoms with Gasteiger partial charge in [-0.3, -0.25) is 0 Å². The summed E-state index contributed by atoms with van der Waals surface area (Å²) < 4.78 is 5.91. The molecule has 1 aliphatic rings. The highest BCUT2D eigenvalue weighted by molar-refractivity contribution is 9.10. The minimum absolute atomic E-state index is 0.170. The first-order valence-corrected chi connectivity index (χ1v) is 7.46. The van der Waals surface area contributed by atoms with Crippen LogP contribution in [0.2, 0.25) is 0 Å². The van der Waals surface area contributed by atoms with Gasteiger partial charge in [0.15, 0.2) is 0 Å². The van der Waals surface area contributed by atoms with Crippen molar-refractivity contribution in [3.8, 4) is 5.75 Å². The lowest BCUT2D eigenvalue weighted by molar-refractivity contribution is 0.133. The number of hydrogen-bond donors (Lipinski definition) is 3. The van der Waals surface area contributed by atoms with Gasteiger partial charge in [0.2, 0.25) is 0 Å². The smallest absolute Gasteiger partial charge is 0.319 e. The van der Waals surface area contributed by atoms with E-state index in [-0.39, 0.29) is 18.1 Å². The van der Waals surface area contributed by atoms with Gasteiger partial charge in [0, 0.05) is 18.2 Å². The number of anilines is 1. The number of urea groups is 1. The van der Waals surface area contributed by atoms with Gasteiger partial charge in [-0.25, -0.2) is 4.79 Å². The molecule has 0 aliphatic heterocycles. The summed E-state index contributed by atoms with van der Waals surface area (Å²) in [6.45, 7) is 0.504. The number of carbonyl (C=O) groups excluding carboxylic acids is 1. The number of carbonyl (C=O) groups is 1. The molecule has 110 valence electrons. The van der Waals surface area contributed by atoms with Gasteiger partial charge in [0.25, 0.3) is 0 Å². The van der Waals surface area contributed by atoms with Crippen LogP contribution in [-0.4, -0.2) is 30.9 Å². The molecule has 0 spiro atoms. The van der Waals surface area contributed by atoms with Crippen molar-refractivity contribution in [1.29, 1.82) is 0 Å². The molecular formula is C14H19BrN2O3. The molecule has 0 bridgehead atoms. The molecule has 2 atom stereocenters. The number of halogens is 1. The molecule has 1 aromatic rings. The molecule has 1 saturated carbocycles. The quantitative estimate of drug-likeness (QED) is 0.787. The molecule has 0 aromatic heterocycles. The maximum Gasteiger partial charge on any atom is 0.319 e. The van der Waals surface area contributed by atoms with Crippen LogP contribution in [0.3, 0.4) is 0 Å². The highest BCUT2D eigenvalue weighted by Crippen LogP contribution is 2.28. The number of aliphatic hydroxyl groups excluding tert-OH is 1. The summed E-state index contributed by atoms with van der Waals surface area (Å²) in [5.74, 6) is 0.883. The Morgan fingerprint density at radius 1 is 1.50 bits per heavy atom. The SMILES string of the molecule is COc1ccc(NC(=O)NCC2CCCC2O)cc1Br. The van der Waals surface area contributed by atoms with E-state index in [1.807, 2.05) is 0 Å². The Morgan fingerprint density at radius 3 is 2.90 bits per heavy atom. The molecule has 2 rings (SSSR count). The lowest BCUT2D eigenvalue weighted by atomic mass is 10.1. The van der Waals surface area contributed by atoms with Crippen LogP contribution in [0.15, 0.2) is 22.7 Å². The van der Waals surface area contributed by atoms with E-state index in [9.17, 15) is 9.90 Å². The third-order valence-corrected chi connectivity index (χ3v) is 4.17. The van der Waals surface area contributed by atoms with Crippen LogP contribution in [0.4, 0.5) is 10.5 Å². The maximum absolute atomic E-state index is 11.8. The summed E-state index contributed by atoms with van der Waals surface area (Å²) in [6, 6.07) is 5.07. The molecule has 2 amide bonds. The average molecular weight is 343 g/mol. The monoisotopic (exact) mass is 342 g/mol. The summed E-state index contributed by atoms with van der Waals surface area (Å²) >= 11 is 3.37. The van der Waals surface area contributed by atoms with Crippen molar-refractivity contribution in [2.24, 2.45) is 5.92 Å². The number of ether oxygens (including phenoxy) is 1. The summed E-state index contributed by atoms with van der Waals surface area (Å²) in [4.78, 5) is 11.8. The Morgan fingerprint density at radius 2 is 2.30 bits per heavy atom. The van der Waals surface area contributed by atoms with E-state index in [1.165, 1.54) is 0 Å². The Hall–Kier alpha value is -1.27. The zero-order valence-electron chi connectivity index (χ0n) is 11.4. The Balaban J connectivity index is 1.83. The second-order valence-electron chi connectivity index (χ2n) is 4.94. The van der Waals surface area contributed by atoms with Crippen molar-refractivity contribution in [3.05, 3.63) is 22.7 Å². The predicted molar refractivity (Wildman–Crippen MR) is 81.1 cm³/mol. The highest BCUT2D eigenvalue weighted by Gasteiger charge is 2.25. The van der Waals surface area contributed by atoms with Crippen LogP contribution >= 0.6 is 15.9 Å². The van der Waals surface area contributed by atoms with Gasteiger partial charge in [0.05, 0.1) is 17.7 Å². The summed E-state index contributed by atoms with van der Waals surface area (Å²) in [5.41, 5.74) is 0.683. The van der Waals surface area contributed by atoms with Crippen LogP contribution in [0.5, 0.6) is 5.75 Å². The summed E-state index contributed by atoms with van der Waals surface area (Å²) in [7, 11) is 1.59. The Bertz CT molecular complexity index is 481. The van der Waals surface area contributed by atoms with E-state index in [4.69, 9.17) is 4.74 Å². The molecule has 0 saturated heterocycles. The fraction of sp³-hybridized carbons (Fsp3) is 0.500. The normalized spacial score (nSPS) is 21.6. The number of nitrogens with one attached hydrogen (secondary N) is 2. The van der Waals surface area contributed by atoms with Gasteiger partial charge >= 0.3 is 6.03 Å². The number of amides is 2. The van der Waals surface area contributed by atoms with E-state index < -0.39 is 0 Å². The topological polar surface area (TPSA) is 70.6 Å².